The summed E-state index contributed by atoms with van der Waals surface area (Å²) in [6.07, 6.45) is 0.0715. The smallest absolute Gasteiger partial charge is 0.207 e. The van der Waals surface area contributed by atoms with E-state index in [0.29, 0.717) is 6.42 Å². The summed E-state index contributed by atoms with van der Waals surface area (Å²) in [7, 11) is 0. The van der Waals surface area contributed by atoms with Gasteiger partial charge in [0.2, 0.25) is 0 Å². The molecule has 0 saturated heterocycles. The zero-order chi connectivity index (χ0) is 23.0. The second-order valence-corrected chi connectivity index (χ2v) is 8.63. The maximum absolute atomic E-state index is 14.5. The van der Waals surface area contributed by atoms with Gasteiger partial charge < -0.3 is 0 Å². The monoisotopic (exact) mass is 450 g/mol. The molecule has 0 amide bonds. The van der Waals surface area contributed by atoms with Gasteiger partial charge in [0.1, 0.15) is 23.0 Å². The van der Waals surface area contributed by atoms with Gasteiger partial charge >= 0.3 is 6.18 Å². The van der Waals surface area contributed by atoms with Crippen LogP contribution in [-0.4, -0.2) is 0 Å². The average molecular weight is 450 g/mol. The SMILES string of the molecule is CCCCC[C@@H]1CCc2c(ccc3ccc(F)cc23)[C@H]1c1cc(F)c(C(F)(F)F)c(F)c1. The Morgan fingerprint density at radius 1 is 0.906 bits per heavy atom. The van der Waals surface area contributed by atoms with Gasteiger partial charge in [-0.15, -0.1) is 0 Å². The summed E-state index contributed by atoms with van der Waals surface area (Å²) in [5, 5.41) is 1.60. The summed E-state index contributed by atoms with van der Waals surface area (Å²) in [5.41, 5.74) is 0.0560. The van der Waals surface area contributed by atoms with E-state index >= 15 is 0 Å². The highest BCUT2D eigenvalue weighted by molar-refractivity contribution is 5.87. The molecule has 32 heavy (non-hydrogen) atoms. The van der Waals surface area contributed by atoms with Crippen LogP contribution in [0.3, 0.4) is 0 Å². The fourth-order valence-corrected chi connectivity index (χ4v) is 5.15. The molecule has 0 heterocycles. The van der Waals surface area contributed by atoms with E-state index in [4.69, 9.17) is 0 Å². The standard InChI is InChI=1S/C26H24F6/c1-2-3-4-5-16-8-10-19-20(11-7-15-6-9-18(27)14-21(15)19)24(16)17-12-22(28)25(23(29)13-17)26(30,31)32/h6-7,9,11-14,16,24H,2-5,8,10H2,1H3/t16-,24-/m1/s1. The first kappa shape index (κ1) is 22.7. The topological polar surface area (TPSA) is 0 Å². The minimum absolute atomic E-state index is 0.0376. The van der Waals surface area contributed by atoms with E-state index in [1.165, 1.54) is 12.1 Å². The van der Waals surface area contributed by atoms with E-state index in [1.54, 1.807) is 6.07 Å². The van der Waals surface area contributed by atoms with Crippen molar-refractivity contribution in [2.45, 2.75) is 57.5 Å². The van der Waals surface area contributed by atoms with Gasteiger partial charge in [-0.2, -0.15) is 13.2 Å². The van der Waals surface area contributed by atoms with Crippen LogP contribution >= 0.6 is 0 Å². The summed E-state index contributed by atoms with van der Waals surface area (Å²) < 4.78 is 82.2. The van der Waals surface area contributed by atoms with E-state index in [2.05, 4.69) is 6.92 Å². The molecule has 3 aromatic carbocycles. The first-order valence-corrected chi connectivity index (χ1v) is 11.0. The molecule has 170 valence electrons. The molecule has 0 fully saturated rings. The molecule has 0 unspecified atom stereocenters. The Bertz CT molecular complexity index is 1110. The highest BCUT2D eigenvalue weighted by atomic mass is 19.4. The van der Waals surface area contributed by atoms with Crippen LogP contribution in [0.25, 0.3) is 10.8 Å². The molecule has 2 atom stereocenters. The van der Waals surface area contributed by atoms with Crippen molar-refractivity contribution in [2.24, 2.45) is 5.92 Å². The molecule has 0 N–H and O–H groups in total. The maximum atomic E-state index is 14.5. The zero-order valence-electron chi connectivity index (χ0n) is 17.7. The summed E-state index contributed by atoms with van der Waals surface area (Å²) in [6.45, 7) is 2.08. The average Bonchev–Trinajstić information content (AvgIpc) is 2.71. The van der Waals surface area contributed by atoms with E-state index in [-0.39, 0.29) is 17.3 Å². The Morgan fingerprint density at radius 2 is 1.59 bits per heavy atom. The van der Waals surface area contributed by atoms with Gasteiger partial charge in [0.25, 0.3) is 0 Å². The molecule has 6 heteroatoms. The number of hydrogen-bond acceptors (Lipinski definition) is 0. The Morgan fingerprint density at radius 3 is 2.25 bits per heavy atom. The normalized spacial score (nSPS) is 18.7. The van der Waals surface area contributed by atoms with Crippen molar-refractivity contribution < 1.29 is 26.3 Å². The molecule has 0 aromatic heterocycles. The molecular formula is C26H24F6. The highest BCUT2D eigenvalue weighted by Crippen LogP contribution is 2.46. The number of fused-ring (bicyclic) bond motifs is 3. The van der Waals surface area contributed by atoms with Gasteiger partial charge in [0.15, 0.2) is 0 Å². The molecule has 0 spiro atoms. The van der Waals surface area contributed by atoms with Crippen LogP contribution in [0.5, 0.6) is 0 Å². The number of halogens is 6. The Balaban J connectivity index is 1.87. The molecule has 4 rings (SSSR count). The van der Waals surface area contributed by atoms with Crippen molar-refractivity contribution in [3.05, 3.63) is 82.2 Å². The maximum Gasteiger partial charge on any atom is 0.422 e. The largest absolute Gasteiger partial charge is 0.422 e. The van der Waals surface area contributed by atoms with Gasteiger partial charge in [0, 0.05) is 5.92 Å². The number of rotatable bonds is 5. The lowest BCUT2D eigenvalue weighted by atomic mass is 9.69. The van der Waals surface area contributed by atoms with Crippen molar-refractivity contribution in [1.29, 1.82) is 0 Å². The van der Waals surface area contributed by atoms with Gasteiger partial charge in [-0.1, -0.05) is 44.4 Å². The van der Waals surface area contributed by atoms with Crippen molar-refractivity contribution >= 4 is 10.8 Å². The van der Waals surface area contributed by atoms with Crippen LogP contribution in [0.4, 0.5) is 26.3 Å². The summed E-state index contributed by atoms with van der Waals surface area (Å²) in [5.74, 6) is -3.98. The van der Waals surface area contributed by atoms with E-state index in [0.717, 1.165) is 66.1 Å². The third-order valence-electron chi connectivity index (χ3n) is 6.59. The van der Waals surface area contributed by atoms with Gasteiger partial charge in [-0.25, -0.2) is 13.2 Å². The van der Waals surface area contributed by atoms with Crippen LogP contribution in [0, 0.1) is 23.4 Å². The number of unbranched alkanes of at least 4 members (excludes halogenated alkanes) is 2. The predicted molar refractivity (Wildman–Crippen MR) is 113 cm³/mol. The van der Waals surface area contributed by atoms with E-state index in [9.17, 15) is 26.3 Å². The quantitative estimate of drug-likeness (QED) is 0.270. The summed E-state index contributed by atoms with van der Waals surface area (Å²) in [4.78, 5) is 0. The first-order chi connectivity index (χ1) is 15.2. The Hall–Kier alpha value is -2.50. The summed E-state index contributed by atoms with van der Waals surface area (Å²) in [6, 6.07) is 9.89. The molecule has 0 nitrogen and oxygen atoms in total. The molecule has 1 aliphatic carbocycles. The number of alkyl halides is 3. The lowest BCUT2D eigenvalue weighted by Crippen LogP contribution is -2.23. The minimum atomic E-state index is -5.11. The Kier molecular flexibility index (Phi) is 6.24. The molecular weight excluding hydrogens is 426 g/mol. The third kappa shape index (κ3) is 4.24. The van der Waals surface area contributed by atoms with Gasteiger partial charge in [0.05, 0.1) is 0 Å². The minimum Gasteiger partial charge on any atom is -0.207 e. The molecule has 0 aliphatic heterocycles. The molecule has 0 bridgehead atoms. The number of benzene rings is 3. The van der Waals surface area contributed by atoms with Crippen LogP contribution in [0.15, 0.2) is 42.5 Å². The third-order valence-corrected chi connectivity index (χ3v) is 6.59. The molecule has 0 radical (unpaired) electrons. The van der Waals surface area contributed by atoms with Gasteiger partial charge in [-0.05, 0) is 76.9 Å². The lowest BCUT2D eigenvalue weighted by Gasteiger charge is -2.35. The Labute approximate surface area is 183 Å². The predicted octanol–water partition coefficient (Wildman–Crippen LogP) is 8.55. The summed E-state index contributed by atoms with van der Waals surface area (Å²) >= 11 is 0. The fourth-order valence-electron chi connectivity index (χ4n) is 5.15. The van der Waals surface area contributed by atoms with Crippen LogP contribution in [0.2, 0.25) is 0 Å². The van der Waals surface area contributed by atoms with Crippen molar-refractivity contribution in [1.82, 2.24) is 0 Å². The molecule has 0 saturated carbocycles. The van der Waals surface area contributed by atoms with Crippen molar-refractivity contribution in [3.8, 4) is 0 Å². The van der Waals surface area contributed by atoms with Crippen LogP contribution in [0.1, 0.15) is 67.2 Å². The van der Waals surface area contributed by atoms with Crippen LogP contribution < -0.4 is 0 Å². The van der Waals surface area contributed by atoms with E-state index in [1.807, 2.05) is 12.1 Å². The van der Waals surface area contributed by atoms with Crippen LogP contribution in [-0.2, 0) is 12.6 Å². The van der Waals surface area contributed by atoms with Crippen molar-refractivity contribution in [3.63, 3.8) is 0 Å². The second kappa shape index (κ2) is 8.80. The lowest BCUT2D eigenvalue weighted by molar-refractivity contribution is -0.142. The molecule has 3 aromatic rings. The molecule has 1 aliphatic rings. The fraction of sp³-hybridized carbons (Fsp3) is 0.385. The van der Waals surface area contributed by atoms with E-state index < -0.39 is 29.3 Å². The number of hydrogen-bond donors (Lipinski definition) is 0. The highest BCUT2D eigenvalue weighted by Gasteiger charge is 2.39. The zero-order valence-corrected chi connectivity index (χ0v) is 17.7. The second-order valence-electron chi connectivity index (χ2n) is 8.63. The van der Waals surface area contributed by atoms with Crippen molar-refractivity contribution in [2.75, 3.05) is 0 Å². The van der Waals surface area contributed by atoms with Gasteiger partial charge in [-0.3, -0.25) is 0 Å². The first-order valence-electron chi connectivity index (χ1n) is 11.0. The number of aryl methyl sites for hydroxylation is 1.